The zero-order valence-corrected chi connectivity index (χ0v) is 9.38. The number of H-pyrrole nitrogens is 1. The van der Waals surface area contributed by atoms with Gasteiger partial charge in [-0.3, -0.25) is 0 Å². The second kappa shape index (κ2) is 4.28. The molecule has 0 fully saturated rings. The van der Waals surface area contributed by atoms with E-state index in [9.17, 15) is 4.79 Å². The molecule has 2 heterocycles. The third-order valence-corrected chi connectivity index (χ3v) is 2.24. The van der Waals surface area contributed by atoms with Crippen LogP contribution in [0.15, 0.2) is 12.4 Å². The molecule has 0 amide bonds. The van der Waals surface area contributed by atoms with Crippen molar-refractivity contribution in [2.75, 3.05) is 0 Å². The fourth-order valence-electron chi connectivity index (χ4n) is 1.43. The average molecular weight is 233 g/mol. The van der Waals surface area contributed by atoms with Crippen molar-refractivity contribution >= 4 is 5.97 Å². The second-order valence-corrected chi connectivity index (χ2v) is 3.81. The Labute approximate surface area is 96.9 Å². The van der Waals surface area contributed by atoms with Crippen LogP contribution in [0.2, 0.25) is 0 Å². The van der Waals surface area contributed by atoms with Crippen molar-refractivity contribution in [1.82, 2.24) is 25.4 Å². The molecule has 2 rings (SSSR count). The maximum atomic E-state index is 11.0. The maximum absolute atomic E-state index is 11.0. The van der Waals surface area contributed by atoms with Gasteiger partial charge in [0.25, 0.3) is 0 Å². The van der Waals surface area contributed by atoms with Crippen LogP contribution in [0.5, 0.6) is 0 Å². The van der Waals surface area contributed by atoms with Crippen LogP contribution in [-0.4, -0.2) is 36.5 Å². The highest BCUT2D eigenvalue weighted by atomic mass is 16.4. The minimum atomic E-state index is -1.03. The minimum Gasteiger partial charge on any atom is -0.478 e. The van der Waals surface area contributed by atoms with Crippen molar-refractivity contribution in [3.63, 3.8) is 0 Å². The lowest BCUT2D eigenvalue weighted by molar-refractivity contribution is 0.0694. The van der Waals surface area contributed by atoms with Crippen LogP contribution in [0.4, 0.5) is 0 Å². The molecule has 0 aromatic carbocycles. The molecule has 2 N–H and O–H groups in total. The molecule has 0 aliphatic rings. The van der Waals surface area contributed by atoms with Crippen LogP contribution in [0.25, 0.3) is 11.5 Å². The van der Waals surface area contributed by atoms with Gasteiger partial charge in [-0.2, -0.15) is 15.4 Å². The van der Waals surface area contributed by atoms with Gasteiger partial charge >= 0.3 is 5.97 Å². The molecular weight excluding hydrogens is 222 g/mol. The molecule has 0 atom stereocenters. The normalized spacial score (nSPS) is 10.8. The Balaban J connectivity index is 2.53. The number of rotatable bonds is 3. The van der Waals surface area contributed by atoms with Crippen LogP contribution >= 0.6 is 0 Å². The van der Waals surface area contributed by atoms with Crippen molar-refractivity contribution in [2.45, 2.75) is 19.8 Å². The zero-order chi connectivity index (χ0) is 12.4. The molecule has 2 aromatic rings. The molecule has 88 valence electrons. The van der Waals surface area contributed by atoms with E-state index in [0.29, 0.717) is 17.2 Å². The van der Waals surface area contributed by atoms with Crippen LogP contribution in [0.3, 0.4) is 0 Å². The van der Waals surface area contributed by atoms with E-state index >= 15 is 0 Å². The fraction of sp³-hybridized carbons (Fsp3) is 0.300. The molecule has 7 nitrogen and oxygen atoms in total. The predicted octanol–water partition coefficient (Wildman–Crippen LogP) is 1.08. The maximum Gasteiger partial charge on any atom is 0.339 e. The lowest BCUT2D eigenvalue weighted by atomic mass is 10.1. The lowest BCUT2D eigenvalue weighted by Crippen LogP contribution is -2.08. The molecule has 17 heavy (non-hydrogen) atoms. The van der Waals surface area contributed by atoms with E-state index in [1.165, 1.54) is 12.4 Å². The monoisotopic (exact) mass is 233 g/mol. The molecule has 0 unspecified atom stereocenters. The number of aromatic amines is 1. The summed E-state index contributed by atoms with van der Waals surface area (Å²) in [5, 5.41) is 19.0. The van der Waals surface area contributed by atoms with Crippen LogP contribution in [0, 0.1) is 0 Å². The molecule has 7 heteroatoms. The summed E-state index contributed by atoms with van der Waals surface area (Å²) in [4.78, 5) is 19.2. The number of hydrogen-bond donors (Lipinski definition) is 2. The largest absolute Gasteiger partial charge is 0.478 e. The van der Waals surface area contributed by atoms with Gasteiger partial charge in [0, 0.05) is 6.20 Å². The smallest absolute Gasteiger partial charge is 0.339 e. The van der Waals surface area contributed by atoms with Gasteiger partial charge in [-0.1, -0.05) is 13.8 Å². The van der Waals surface area contributed by atoms with Crippen molar-refractivity contribution in [3.8, 4) is 11.5 Å². The summed E-state index contributed by atoms with van der Waals surface area (Å²) in [5.74, 6) is -0.664. The Morgan fingerprint density at radius 1 is 1.41 bits per heavy atom. The van der Waals surface area contributed by atoms with Gasteiger partial charge in [-0.15, -0.1) is 0 Å². The third-order valence-electron chi connectivity index (χ3n) is 2.24. The number of hydrogen-bond acceptors (Lipinski definition) is 5. The summed E-state index contributed by atoms with van der Waals surface area (Å²) >= 11 is 0. The van der Waals surface area contributed by atoms with E-state index in [4.69, 9.17) is 5.11 Å². The fourth-order valence-corrected chi connectivity index (χ4v) is 1.43. The van der Waals surface area contributed by atoms with Gasteiger partial charge in [-0.25, -0.2) is 14.8 Å². The summed E-state index contributed by atoms with van der Waals surface area (Å²) < 4.78 is 0. The first-order valence-corrected chi connectivity index (χ1v) is 5.06. The van der Waals surface area contributed by atoms with Crippen molar-refractivity contribution in [1.29, 1.82) is 0 Å². The van der Waals surface area contributed by atoms with Crippen LogP contribution < -0.4 is 0 Å². The van der Waals surface area contributed by atoms with Crippen molar-refractivity contribution < 1.29 is 9.90 Å². The lowest BCUT2D eigenvalue weighted by Gasteiger charge is -2.08. The topological polar surface area (TPSA) is 105 Å². The standard InChI is InChI=1S/C10H11N5O2/c1-5(2)8-6(10(16)17)3-11-9(13-8)7-4-12-15-14-7/h3-5H,1-2H3,(H,16,17)(H,12,14,15). The summed E-state index contributed by atoms with van der Waals surface area (Å²) in [5.41, 5.74) is 1.10. The van der Waals surface area contributed by atoms with E-state index in [2.05, 4.69) is 25.4 Å². The minimum absolute atomic E-state index is 0.00486. The Bertz CT molecular complexity index is 536. The average Bonchev–Trinajstić information content (AvgIpc) is 2.81. The van der Waals surface area contributed by atoms with E-state index in [0.717, 1.165) is 0 Å². The highest BCUT2D eigenvalue weighted by molar-refractivity contribution is 5.88. The number of aromatic carboxylic acids is 1. The third kappa shape index (κ3) is 2.12. The molecule has 0 radical (unpaired) electrons. The second-order valence-electron chi connectivity index (χ2n) is 3.81. The van der Waals surface area contributed by atoms with E-state index in [1.807, 2.05) is 13.8 Å². The van der Waals surface area contributed by atoms with Gasteiger partial charge in [0.2, 0.25) is 0 Å². The predicted molar refractivity (Wildman–Crippen MR) is 58.5 cm³/mol. The van der Waals surface area contributed by atoms with Gasteiger partial charge in [0.15, 0.2) is 5.82 Å². The molecule has 0 bridgehead atoms. The highest BCUT2D eigenvalue weighted by Gasteiger charge is 2.17. The Hall–Kier alpha value is -2.31. The molecule has 2 aromatic heterocycles. The SMILES string of the molecule is CC(C)c1nc(-c2cn[nH]n2)ncc1C(=O)O. The first-order chi connectivity index (χ1) is 8.09. The number of aromatic nitrogens is 5. The molecule has 0 saturated heterocycles. The molecule has 0 aliphatic heterocycles. The van der Waals surface area contributed by atoms with Crippen molar-refractivity contribution in [3.05, 3.63) is 23.7 Å². The summed E-state index contributed by atoms with van der Waals surface area (Å²) in [6.07, 6.45) is 2.79. The first-order valence-electron chi connectivity index (χ1n) is 5.06. The van der Waals surface area contributed by atoms with Crippen molar-refractivity contribution in [2.24, 2.45) is 0 Å². The number of nitrogens with one attached hydrogen (secondary N) is 1. The molecule has 0 spiro atoms. The number of carboxylic acid groups (broad SMARTS) is 1. The Kier molecular flexibility index (Phi) is 2.82. The van der Waals surface area contributed by atoms with E-state index in [1.54, 1.807) is 0 Å². The van der Waals surface area contributed by atoms with E-state index in [-0.39, 0.29) is 11.5 Å². The van der Waals surface area contributed by atoms with Gasteiger partial charge < -0.3 is 5.11 Å². The first kappa shape index (κ1) is 11.2. The molecule has 0 saturated carbocycles. The highest BCUT2D eigenvalue weighted by Crippen LogP contribution is 2.19. The number of carbonyl (C=O) groups is 1. The van der Waals surface area contributed by atoms with Crippen LogP contribution in [-0.2, 0) is 0 Å². The molecule has 0 aliphatic carbocycles. The van der Waals surface area contributed by atoms with Gasteiger partial charge in [-0.05, 0) is 5.92 Å². The summed E-state index contributed by atoms with van der Waals surface area (Å²) in [6.45, 7) is 3.75. The summed E-state index contributed by atoms with van der Waals surface area (Å²) in [6, 6.07) is 0. The van der Waals surface area contributed by atoms with Gasteiger partial charge in [0.05, 0.1) is 17.5 Å². The Morgan fingerprint density at radius 3 is 2.71 bits per heavy atom. The Morgan fingerprint density at radius 2 is 2.18 bits per heavy atom. The van der Waals surface area contributed by atoms with Gasteiger partial charge in [0.1, 0.15) is 5.69 Å². The molecular formula is C10H11N5O2. The number of nitrogens with zero attached hydrogens (tertiary/aromatic N) is 4. The summed E-state index contributed by atoms with van der Waals surface area (Å²) in [7, 11) is 0. The van der Waals surface area contributed by atoms with Crippen LogP contribution in [0.1, 0.15) is 35.8 Å². The number of carboxylic acids is 1. The zero-order valence-electron chi connectivity index (χ0n) is 9.38. The van der Waals surface area contributed by atoms with E-state index < -0.39 is 5.97 Å². The quantitative estimate of drug-likeness (QED) is 0.821.